The lowest BCUT2D eigenvalue weighted by Crippen LogP contribution is -1.96. The number of pyridine rings is 1. The van der Waals surface area contributed by atoms with Gasteiger partial charge in [0, 0.05) is 18.9 Å². The quantitative estimate of drug-likeness (QED) is 0.761. The van der Waals surface area contributed by atoms with E-state index < -0.39 is 0 Å². The molecular weight excluding hydrogens is 190 g/mol. The second-order valence-corrected chi connectivity index (χ2v) is 3.17. The van der Waals surface area contributed by atoms with E-state index in [1.807, 2.05) is 29.2 Å². The van der Waals surface area contributed by atoms with Crippen molar-refractivity contribution >= 4 is 0 Å². The third-order valence-corrected chi connectivity index (χ3v) is 2.07. The first-order valence-corrected chi connectivity index (χ1v) is 4.92. The fourth-order valence-electron chi connectivity index (χ4n) is 1.24. The molecule has 0 aromatic carbocycles. The lowest BCUT2D eigenvalue weighted by Gasteiger charge is -2.02. The Hall–Kier alpha value is -1.84. The van der Waals surface area contributed by atoms with Gasteiger partial charge in [-0.25, -0.2) is 4.98 Å². The topological polar surface area (TPSA) is 39.9 Å². The normalized spacial score (nSPS) is 10.2. The summed E-state index contributed by atoms with van der Waals surface area (Å²) >= 11 is 0. The molecule has 4 heteroatoms. The molecule has 0 N–H and O–H groups in total. The molecule has 78 valence electrons. The fourth-order valence-corrected chi connectivity index (χ4v) is 1.24. The van der Waals surface area contributed by atoms with Gasteiger partial charge < -0.3 is 9.30 Å². The molecule has 2 aromatic heterocycles. The molecule has 0 aliphatic heterocycles. The number of imidazole rings is 1. The monoisotopic (exact) mass is 203 g/mol. The molecule has 0 fully saturated rings. The second kappa shape index (κ2) is 4.59. The van der Waals surface area contributed by atoms with Crippen LogP contribution in [0.1, 0.15) is 12.6 Å². The molecule has 0 unspecified atom stereocenters. The minimum Gasteiger partial charge on any atom is -0.486 e. The van der Waals surface area contributed by atoms with Crippen LogP contribution in [0.2, 0.25) is 0 Å². The van der Waals surface area contributed by atoms with Crippen molar-refractivity contribution in [2.24, 2.45) is 0 Å². The molecule has 2 aromatic rings. The van der Waals surface area contributed by atoms with Crippen molar-refractivity contribution in [3.8, 4) is 5.75 Å². The molecule has 0 radical (unpaired) electrons. The number of rotatable bonds is 4. The number of ether oxygens (including phenoxy) is 1. The van der Waals surface area contributed by atoms with Crippen molar-refractivity contribution in [1.82, 2.24) is 14.5 Å². The predicted molar refractivity (Wildman–Crippen MR) is 56.5 cm³/mol. The molecule has 0 spiro atoms. The van der Waals surface area contributed by atoms with Crippen LogP contribution in [0.3, 0.4) is 0 Å². The summed E-state index contributed by atoms with van der Waals surface area (Å²) in [4.78, 5) is 8.19. The Balaban J connectivity index is 1.93. The Morgan fingerprint density at radius 2 is 2.40 bits per heavy atom. The minimum absolute atomic E-state index is 0.485. The SMILES string of the molecule is CCn1cnc(COc2cccnc2)c1. The van der Waals surface area contributed by atoms with E-state index in [0.717, 1.165) is 18.0 Å². The third kappa shape index (κ3) is 2.56. The van der Waals surface area contributed by atoms with Gasteiger partial charge in [0.25, 0.3) is 0 Å². The minimum atomic E-state index is 0.485. The van der Waals surface area contributed by atoms with Crippen LogP contribution in [0.15, 0.2) is 37.1 Å². The van der Waals surface area contributed by atoms with E-state index in [1.165, 1.54) is 0 Å². The summed E-state index contributed by atoms with van der Waals surface area (Å²) < 4.78 is 7.53. The van der Waals surface area contributed by atoms with E-state index in [2.05, 4.69) is 16.9 Å². The summed E-state index contributed by atoms with van der Waals surface area (Å²) in [5.74, 6) is 0.767. The van der Waals surface area contributed by atoms with Gasteiger partial charge in [-0.2, -0.15) is 0 Å². The van der Waals surface area contributed by atoms with Crippen molar-refractivity contribution < 1.29 is 4.74 Å². The largest absolute Gasteiger partial charge is 0.486 e. The Labute approximate surface area is 88.6 Å². The molecule has 15 heavy (non-hydrogen) atoms. The molecule has 0 atom stereocenters. The zero-order valence-electron chi connectivity index (χ0n) is 8.63. The predicted octanol–water partition coefficient (Wildman–Crippen LogP) is 1.88. The first-order valence-electron chi connectivity index (χ1n) is 4.92. The first-order chi connectivity index (χ1) is 7.38. The number of aromatic nitrogens is 3. The molecular formula is C11H13N3O. The van der Waals surface area contributed by atoms with Crippen LogP contribution in [-0.4, -0.2) is 14.5 Å². The molecule has 0 bridgehead atoms. The van der Waals surface area contributed by atoms with Crippen LogP contribution < -0.4 is 4.74 Å². The van der Waals surface area contributed by atoms with Crippen LogP contribution >= 0.6 is 0 Å². The molecule has 0 aliphatic carbocycles. The summed E-state index contributed by atoms with van der Waals surface area (Å²) in [6.07, 6.45) is 7.20. The van der Waals surface area contributed by atoms with E-state index >= 15 is 0 Å². The molecule has 0 saturated heterocycles. The molecule has 0 amide bonds. The van der Waals surface area contributed by atoms with Gasteiger partial charge >= 0.3 is 0 Å². The molecule has 2 heterocycles. The van der Waals surface area contributed by atoms with Gasteiger partial charge in [0.05, 0.1) is 18.2 Å². The zero-order chi connectivity index (χ0) is 10.5. The van der Waals surface area contributed by atoms with Gasteiger partial charge in [-0.05, 0) is 19.1 Å². The summed E-state index contributed by atoms with van der Waals surface area (Å²) in [6.45, 7) is 3.49. The Kier molecular flexibility index (Phi) is 2.97. The van der Waals surface area contributed by atoms with Crippen LogP contribution in [0.5, 0.6) is 5.75 Å². The van der Waals surface area contributed by atoms with Crippen molar-refractivity contribution in [3.63, 3.8) is 0 Å². The van der Waals surface area contributed by atoms with Crippen LogP contribution in [-0.2, 0) is 13.2 Å². The highest BCUT2D eigenvalue weighted by Crippen LogP contribution is 2.08. The molecule has 2 rings (SSSR count). The highest BCUT2D eigenvalue weighted by Gasteiger charge is 1.98. The number of nitrogens with zero attached hydrogens (tertiary/aromatic N) is 3. The van der Waals surface area contributed by atoms with Gasteiger partial charge in [-0.15, -0.1) is 0 Å². The van der Waals surface area contributed by atoms with Crippen molar-refractivity contribution in [1.29, 1.82) is 0 Å². The average molecular weight is 203 g/mol. The van der Waals surface area contributed by atoms with E-state index in [4.69, 9.17) is 4.74 Å². The van der Waals surface area contributed by atoms with E-state index in [1.54, 1.807) is 12.4 Å². The number of hydrogen-bond donors (Lipinski definition) is 0. The Morgan fingerprint density at radius 3 is 3.07 bits per heavy atom. The second-order valence-electron chi connectivity index (χ2n) is 3.17. The smallest absolute Gasteiger partial charge is 0.138 e. The maximum Gasteiger partial charge on any atom is 0.138 e. The maximum absolute atomic E-state index is 5.51. The van der Waals surface area contributed by atoms with Gasteiger partial charge in [-0.1, -0.05) is 0 Å². The molecule has 4 nitrogen and oxygen atoms in total. The Bertz CT molecular complexity index is 411. The summed E-state index contributed by atoms with van der Waals surface area (Å²) in [5.41, 5.74) is 0.931. The Morgan fingerprint density at radius 1 is 1.47 bits per heavy atom. The summed E-state index contributed by atoms with van der Waals surface area (Å²) in [6, 6.07) is 3.73. The van der Waals surface area contributed by atoms with E-state index in [0.29, 0.717) is 6.61 Å². The number of hydrogen-bond acceptors (Lipinski definition) is 3. The van der Waals surface area contributed by atoms with Gasteiger partial charge in [-0.3, -0.25) is 4.98 Å². The maximum atomic E-state index is 5.51. The summed E-state index contributed by atoms with van der Waals surface area (Å²) in [5, 5.41) is 0. The standard InChI is InChI=1S/C11H13N3O/c1-2-14-7-10(13-9-14)8-15-11-4-3-5-12-6-11/h3-7,9H,2,8H2,1H3. The van der Waals surface area contributed by atoms with Gasteiger partial charge in [0.1, 0.15) is 12.4 Å². The van der Waals surface area contributed by atoms with Crippen LogP contribution in [0.25, 0.3) is 0 Å². The van der Waals surface area contributed by atoms with Crippen molar-refractivity contribution in [2.45, 2.75) is 20.1 Å². The average Bonchev–Trinajstić information content (AvgIpc) is 2.76. The third-order valence-electron chi connectivity index (χ3n) is 2.07. The first kappa shape index (κ1) is 9.71. The summed E-state index contributed by atoms with van der Waals surface area (Å²) in [7, 11) is 0. The zero-order valence-corrected chi connectivity index (χ0v) is 8.63. The van der Waals surface area contributed by atoms with E-state index in [-0.39, 0.29) is 0 Å². The van der Waals surface area contributed by atoms with Crippen molar-refractivity contribution in [3.05, 3.63) is 42.7 Å². The van der Waals surface area contributed by atoms with E-state index in [9.17, 15) is 0 Å². The molecule has 0 aliphatic rings. The van der Waals surface area contributed by atoms with Crippen LogP contribution in [0, 0.1) is 0 Å². The lowest BCUT2D eigenvalue weighted by molar-refractivity contribution is 0.300. The van der Waals surface area contributed by atoms with Crippen LogP contribution in [0.4, 0.5) is 0 Å². The van der Waals surface area contributed by atoms with Crippen molar-refractivity contribution in [2.75, 3.05) is 0 Å². The fraction of sp³-hybridized carbons (Fsp3) is 0.273. The van der Waals surface area contributed by atoms with Gasteiger partial charge in [0.2, 0.25) is 0 Å². The number of aryl methyl sites for hydroxylation is 1. The highest BCUT2D eigenvalue weighted by molar-refractivity contribution is 5.15. The molecule has 0 saturated carbocycles. The van der Waals surface area contributed by atoms with Gasteiger partial charge in [0.15, 0.2) is 0 Å². The highest BCUT2D eigenvalue weighted by atomic mass is 16.5. The lowest BCUT2D eigenvalue weighted by atomic mass is 10.4.